The summed E-state index contributed by atoms with van der Waals surface area (Å²) in [4.78, 5) is 39.3. The van der Waals surface area contributed by atoms with Gasteiger partial charge in [-0.05, 0) is 38.3 Å². The highest BCUT2D eigenvalue weighted by Crippen LogP contribution is 2.30. The minimum Gasteiger partial charge on any atom is -0.462 e. The summed E-state index contributed by atoms with van der Waals surface area (Å²) in [7, 11) is 0. The molecule has 0 bridgehead atoms. The van der Waals surface area contributed by atoms with Gasteiger partial charge in [-0.3, -0.25) is 13.9 Å². The molecule has 1 atom stereocenters. The quantitative estimate of drug-likeness (QED) is 0.598. The molecule has 2 aromatic heterocycles. The first-order valence-electron chi connectivity index (χ1n) is 9.51. The Kier molecular flexibility index (Phi) is 6.34. The molecule has 0 radical (unpaired) electrons. The normalized spacial score (nSPS) is 12.3. The molecule has 1 N–H and O–H groups in total. The molecule has 7 nitrogen and oxygen atoms in total. The minimum absolute atomic E-state index is 0.101. The smallest absolute Gasteiger partial charge is 0.348 e. The third-order valence-corrected chi connectivity index (χ3v) is 6.11. The number of benzene rings is 1. The van der Waals surface area contributed by atoms with Crippen molar-refractivity contribution in [2.75, 3.05) is 13.2 Å². The maximum atomic E-state index is 13.1. The Bertz CT molecular complexity index is 1140. The number of aliphatic hydroxyl groups excluding tert-OH is 1. The number of thiophene rings is 1. The lowest BCUT2D eigenvalue weighted by Gasteiger charge is -2.18. The summed E-state index contributed by atoms with van der Waals surface area (Å²) in [5.41, 5.74) is 0.572. The van der Waals surface area contributed by atoms with E-state index in [9.17, 15) is 19.5 Å². The van der Waals surface area contributed by atoms with Gasteiger partial charge in [-0.15, -0.1) is 11.3 Å². The fourth-order valence-corrected chi connectivity index (χ4v) is 4.77. The van der Waals surface area contributed by atoms with E-state index in [1.165, 1.54) is 0 Å². The Labute approximate surface area is 171 Å². The number of aryl methyl sites for hydroxylation is 1. The van der Waals surface area contributed by atoms with E-state index in [-0.39, 0.29) is 25.8 Å². The highest BCUT2D eigenvalue weighted by molar-refractivity contribution is 7.20. The molecular weight excluding hydrogens is 392 g/mol. The highest BCUT2D eigenvalue weighted by atomic mass is 32.1. The SMILES string of the molecule is CCOC(=O)c1sc2c(c1C)c(=O)n(CCO)c(=O)n2C(C)Cc1ccccc1. The lowest BCUT2D eigenvalue weighted by atomic mass is 10.1. The summed E-state index contributed by atoms with van der Waals surface area (Å²) in [5.74, 6) is -0.506. The van der Waals surface area contributed by atoms with Gasteiger partial charge in [0, 0.05) is 6.04 Å². The Hall–Kier alpha value is -2.71. The zero-order valence-corrected chi connectivity index (χ0v) is 17.5. The van der Waals surface area contributed by atoms with Crippen molar-refractivity contribution < 1.29 is 14.6 Å². The molecule has 8 heteroatoms. The monoisotopic (exact) mass is 416 g/mol. The van der Waals surface area contributed by atoms with Gasteiger partial charge in [0.25, 0.3) is 5.56 Å². The van der Waals surface area contributed by atoms with Gasteiger partial charge < -0.3 is 9.84 Å². The van der Waals surface area contributed by atoms with E-state index in [1.807, 2.05) is 37.3 Å². The molecule has 0 aliphatic carbocycles. The lowest BCUT2D eigenvalue weighted by Crippen LogP contribution is -2.41. The van der Waals surface area contributed by atoms with Crippen molar-refractivity contribution in [1.29, 1.82) is 0 Å². The highest BCUT2D eigenvalue weighted by Gasteiger charge is 2.25. The van der Waals surface area contributed by atoms with Crippen LogP contribution >= 0.6 is 11.3 Å². The number of hydrogen-bond acceptors (Lipinski definition) is 6. The van der Waals surface area contributed by atoms with Crippen molar-refractivity contribution in [2.24, 2.45) is 0 Å². The average molecular weight is 416 g/mol. The minimum atomic E-state index is -0.506. The van der Waals surface area contributed by atoms with E-state index >= 15 is 0 Å². The number of aliphatic hydroxyl groups is 1. The number of esters is 1. The van der Waals surface area contributed by atoms with Gasteiger partial charge in [-0.1, -0.05) is 30.3 Å². The van der Waals surface area contributed by atoms with E-state index < -0.39 is 17.2 Å². The van der Waals surface area contributed by atoms with Gasteiger partial charge in [-0.2, -0.15) is 0 Å². The Morgan fingerprint density at radius 3 is 2.55 bits per heavy atom. The molecule has 3 rings (SSSR count). The summed E-state index contributed by atoms with van der Waals surface area (Å²) >= 11 is 1.11. The van der Waals surface area contributed by atoms with Crippen LogP contribution in [0.4, 0.5) is 0 Å². The summed E-state index contributed by atoms with van der Waals surface area (Å²) in [5, 5.41) is 9.68. The summed E-state index contributed by atoms with van der Waals surface area (Å²) in [6, 6.07) is 9.49. The van der Waals surface area contributed by atoms with E-state index in [2.05, 4.69) is 0 Å². The molecule has 0 fully saturated rings. The standard InChI is InChI=1S/C21H24N2O5S/c1-4-28-20(26)17-14(3)16-18(25)22(10-11-24)21(27)23(19(16)29-17)13(2)12-15-8-6-5-7-9-15/h5-9,13,24H,4,10-12H2,1-3H3. The van der Waals surface area contributed by atoms with Crippen LogP contribution in [0.5, 0.6) is 0 Å². The molecule has 2 heterocycles. The largest absolute Gasteiger partial charge is 0.462 e. The van der Waals surface area contributed by atoms with Crippen molar-refractivity contribution in [3.8, 4) is 0 Å². The number of nitrogens with zero attached hydrogens (tertiary/aromatic N) is 2. The van der Waals surface area contributed by atoms with Gasteiger partial charge in [0.05, 0.1) is 25.1 Å². The van der Waals surface area contributed by atoms with Crippen LogP contribution in [0.1, 0.15) is 40.7 Å². The number of rotatable bonds is 7. The Morgan fingerprint density at radius 2 is 1.93 bits per heavy atom. The first-order chi connectivity index (χ1) is 13.9. The maximum absolute atomic E-state index is 13.1. The predicted octanol–water partition coefficient (Wildman–Crippen LogP) is 2.51. The van der Waals surface area contributed by atoms with Crippen molar-refractivity contribution in [3.63, 3.8) is 0 Å². The summed E-state index contributed by atoms with van der Waals surface area (Å²) in [6.07, 6.45) is 0.582. The van der Waals surface area contributed by atoms with Crippen LogP contribution in [0.3, 0.4) is 0 Å². The average Bonchev–Trinajstić information content (AvgIpc) is 3.03. The molecule has 0 spiro atoms. The van der Waals surface area contributed by atoms with Crippen molar-refractivity contribution >= 4 is 27.5 Å². The molecule has 29 heavy (non-hydrogen) atoms. The third-order valence-electron chi connectivity index (χ3n) is 4.84. The second-order valence-corrected chi connectivity index (χ2v) is 7.83. The molecule has 0 aliphatic rings. The number of carbonyl (C=O) groups is 1. The Balaban J connectivity index is 2.26. The van der Waals surface area contributed by atoms with Gasteiger partial charge in [-0.25, -0.2) is 9.59 Å². The van der Waals surface area contributed by atoms with Crippen molar-refractivity contribution in [2.45, 2.75) is 39.8 Å². The molecule has 0 amide bonds. The Morgan fingerprint density at radius 1 is 1.24 bits per heavy atom. The van der Waals surface area contributed by atoms with E-state index in [4.69, 9.17) is 4.74 Å². The zero-order valence-electron chi connectivity index (χ0n) is 16.7. The van der Waals surface area contributed by atoms with Gasteiger partial charge in [0.2, 0.25) is 0 Å². The van der Waals surface area contributed by atoms with E-state index in [1.54, 1.807) is 18.4 Å². The maximum Gasteiger partial charge on any atom is 0.348 e. The fraction of sp³-hybridized carbons (Fsp3) is 0.381. The first kappa shape index (κ1) is 21.0. The molecule has 154 valence electrons. The van der Waals surface area contributed by atoms with Gasteiger partial charge >= 0.3 is 11.7 Å². The van der Waals surface area contributed by atoms with E-state index in [0.717, 1.165) is 21.5 Å². The van der Waals surface area contributed by atoms with Crippen LogP contribution in [0.25, 0.3) is 10.2 Å². The third kappa shape index (κ3) is 3.90. The second-order valence-electron chi connectivity index (χ2n) is 6.83. The number of ether oxygens (including phenoxy) is 1. The molecule has 1 aromatic carbocycles. The van der Waals surface area contributed by atoms with Crippen LogP contribution in [0.2, 0.25) is 0 Å². The number of fused-ring (bicyclic) bond motifs is 1. The number of aromatic nitrogens is 2. The lowest BCUT2D eigenvalue weighted by molar-refractivity contribution is 0.0531. The van der Waals surface area contributed by atoms with E-state index in [0.29, 0.717) is 27.1 Å². The van der Waals surface area contributed by atoms with Crippen molar-refractivity contribution in [1.82, 2.24) is 9.13 Å². The van der Waals surface area contributed by atoms with Crippen LogP contribution < -0.4 is 11.2 Å². The van der Waals surface area contributed by atoms with Gasteiger partial charge in [0.1, 0.15) is 9.71 Å². The summed E-state index contributed by atoms with van der Waals surface area (Å²) in [6.45, 7) is 5.09. The van der Waals surface area contributed by atoms with Crippen LogP contribution in [-0.2, 0) is 17.7 Å². The second kappa shape index (κ2) is 8.75. The number of hydrogen-bond donors (Lipinski definition) is 1. The number of carbonyl (C=O) groups excluding carboxylic acids is 1. The molecule has 0 saturated heterocycles. The van der Waals surface area contributed by atoms with Crippen molar-refractivity contribution in [3.05, 3.63) is 67.2 Å². The van der Waals surface area contributed by atoms with Crippen LogP contribution in [0, 0.1) is 6.92 Å². The predicted molar refractivity (Wildman–Crippen MR) is 113 cm³/mol. The molecular formula is C21H24N2O5S. The van der Waals surface area contributed by atoms with Crippen LogP contribution in [0.15, 0.2) is 39.9 Å². The van der Waals surface area contributed by atoms with Crippen LogP contribution in [-0.4, -0.2) is 33.4 Å². The summed E-state index contributed by atoms with van der Waals surface area (Å²) < 4.78 is 7.71. The topological polar surface area (TPSA) is 90.5 Å². The fourth-order valence-electron chi connectivity index (χ4n) is 3.48. The van der Waals surface area contributed by atoms with Gasteiger partial charge in [0.15, 0.2) is 0 Å². The molecule has 0 aliphatic heterocycles. The molecule has 0 saturated carbocycles. The zero-order chi connectivity index (χ0) is 21.1. The molecule has 1 unspecified atom stereocenters. The first-order valence-corrected chi connectivity index (χ1v) is 10.3. The molecule has 3 aromatic rings.